The van der Waals surface area contributed by atoms with E-state index in [9.17, 15) is 5.11 Å². The first kappa shape index (κ1) is 14.1. The molecule has 110 valence electrons. The highest BCUT2D eigenvalue weighted by atomic mass is 16.5. The Morgan fingerprint density at radius 3 is 2.81 bits per heavy atom. The quantitative estimate of drug-likeness (QED) is 0.906. The summed E-state index contributed by atoms with van der Waals surface area (Å²) in [5.74, 6) is 0.761. The summed E-state index contributed by atoms with van der Waals surface area (Å²) in [5, 5.41) is 14.3. The van der Waals surface area contributed by atoms with Crippen molar-refractivity contribution < 1.29 is 9.84 Å². The van der Waals surface area contributed by atoms with Gasteiger partial charge < -0.3 is 15.2 Å². The molecule has 2 unspecified atom stereocenters. The SMILES string of the molecule is CCOc1ccccc1C(O)C1NCCc2ccccc21. The van der Waals surface area contributed by atoms with Crippen molar-refractivity contribution in [2.75, 3.05) is 13.2 Å². The summed E-state index contributed by atoms with van der Waals surface area (Å²) < 4.78 is 5.65. The fourth-order valence-electron chi connectivity index (χ4n) is 3.01. The average molecular weight is 283 g/mol. The smallest absolute Gasteiger partial charge is 0.125 e. The first-order valence-corrected chi connectivity index (χ1v) is 7.52. The van der Waals surface area contributed by atoms with Crippen LogP contribution in [-0.4, -0.2) is 18.3 Å². The largest absolute Gasteiger partial charge is 0.493 e. The summed E-state index contributed by atoms with van der Waals surface area (Å²) in [7, 11) is 0. The van der Waals surface area contributed by atoms with E-state index in [-0.39, 0.29) is 6.04 Å². The number of aliphatic hydroxyl groups excluding tert-OH is 1. The maximum atomic E-state index is 10.9. The topological polar surface area (TPSA) is 41.5 Å². The third-order valence-electron chi connectivity index (χ3n) is 4.00. The molecule has 0 saturated carbocycles. The van der Waals surface area contributed by atoms with Crippen LogP contribution in [-0.2, 0) is 6.42 Å². The highest BCUT2D eigenvalue weighted by Gasteiger charge is 2.28. The lowest BCUT2D eigenvalue weighted by atomic mass is 9.88. The van der Waals surface area contributed by atoms with Crippen LogP contribution in [0.5, 0.6) is 5.75 Å². The Hall–Kier alpha value is -1.84. The molecular weight excluding hydrogens is 262 g/mol. The van der Waals surface area contributed by atoms with Gasteiger partial charge in [-0.1, -0.05) is 42.5 Å². The molecule has 2 aromatic rings. The third-order valence-corrected chi connectivity index (χ3v) is 4.00. The minimum absolute atomic E-state index is 0.0865. The Kier molecular flexibility index (Phi) is 4.23. The molecule has 3 nitrogen and oxygen atoms in total. The van der Waals surface area contributed by atoms with Crippen LogP contribution in [0.25, 0.3) is 0 Å². The van der Waals surface area contributed by atoms with Gasteiger partial charge in [0.15, 0.2) is 0 Å². The monoisotopic (exact) mass is 283 g/mol. The molecule has 21 heavy (non-hydrogen) atoms. The first-order chi connectivity index (χ1) is 10.3. The number of rotatable bonds is 4. The van der Waals surface area contributed by atoms with Crippen molar-refractivity contribution in [1.82, 2.24) is 5.32 Å². The molecule has 0 amide bonds. The standard InChI is InChI=1S/C18H21NO2/c1-2-21-16-10-6-5-9-15(16)18(20)17-14-8-4-3-7-13(14)11-12-19-17/h3-10,17-20H,2,11-12H2,1H3. The maximum Gasteiger partial charge on any atom is 0.125 e. The van der Waals surface area contributed by atoms with Crippen LogP contribution in [0.1, 0.15) is 35.8 Å². The number of benzene rings is 2. The number of hydrogen-bond donors (Lipinski definition) is 2. The fraction of sp³-hybridized carbons (Fsp3) is 0.333. The van der Waals surface area contributed by atoms with Crippen molar-refractivity contribution in [3.63, 3.8) is 0 Å². The van der Waals surface area contributed by atoms with E-state index in [1.54, 1.807) is 0 Å². The maximum absolute atomic E-state index is 10.9. The van der Waals surface area contributed by atoms with E-state index in [0.717, 1.165) is 24.3 Å². The molecule has 1 heterocycles. The van der Waals surface area contributed by atoms with Crippen molar-refractivity contribution in [3.05, 3.63) is 65.2 Å². The number of fused-ring (bicyclic) bond motifs is 1. The Morgan fingerprint density at radius 1 is 1.19 bits per heavy atom. The fourth-order valence-corrected chi connectivity index (χ4v) is 3.01. The molecule has 1 aliphatic heterocycles. The highest BCUT2D eigenvalue weighted by Crippen LogP contribution is 2.36. The second-order valence-electron chi connectivity index (χ2n) is 5.30. The molecule has 0 fully saturated rings. The van der Waals surface area contributed by atoms with Crippen LogP contribution in [0.15, 0.2) is 48.5 Å². The van der Waals surface area contributed by atoms with Gasteiger partial charge in [-0.15, -0.1) is 0 Å². The van der Waals surface area contributed by atoms with E-state index in [0.29, 0.717) is 6.61 Å². The number of ether oxygens (including phenoxy) is 1. The zero-order chi connectivity index (χ0) is 14.7. The molecule has 3 rings (SSSR count). The van der Waals surface area contributed by atoms with Crippen LogP contribution in [0.4, 0.5) is 0 Å². The Bertz CT molecular complexity index is 612. The van der Waals surface area contributed by atoms with Crippen LogP contribution in [0.2, 0.25) is 0 Å². The number of aliphatic hydroxyl groups is 1. The minimum atomic E-state index is -0.616. The molecule has 1 aliphatic rings. The van der Waals surface area contributed by atoms with Crippen molar-refractivity contribution in [2.45, 2.75) is 25.5 Å². The molecule has 2 atom stereocenters. The lowest BCUT2D eigenvalue weighted by Gasteiger charge is -2.31. The highest BCUT2D eigenvalue weighted by molar-refractivity contribution is 5.40. The van der Waals surface area contributed by atoms with Crippen LogP contribution in [0.3, 0.4) is 0 Å². The van der Waals surface area contributed by atoms with E-state index < -0.39 is 6.10 Å². The molecule has 2 aromatic carbocycles. The molecular formula is C18H21NO2. The van der Waals surface area contributed by atoms with E-state index in [1.165, 1.54) is 11.1 Å². The molecule has 3 heteroatoms. The van der Waals surface area contributed by atoms with Gasteiger partial charge >= 0.3 is 0 Å². The number of para-hydroxylation sites is 1. The molecule has 0 saturated heterocycles. The van der Waals surface area contributed by atoms with Crippen molar-refractivity contribution in [3.8, 4) is 5.75 Å². The van der Waals surface area contributed by atoms with Gasteiger partial charge in [0.05, 0.1) is 12.6 Å². The van der Waals surface area contributed by atoms with Crippen LogP contribution < -0.4 is 10.1 Å². The lowest BCUT2D eigenvalue weighted by molar-refractivity contribution is 0.121. The first-order valence-electron chi connectivity index (χ1n) is 7.52. The molecule has 0 bridgehead atoms. The second-order valence-corrected chi connectivity index (χ2v) is 5.30. The molecule has 0 aromatic heterocycles. The van der Waals surface area contributed by atoms with Crippen LogP contribution in [0, 0.1) is 0 Å². The second kappa shape index (κ2) is 6.29. The Labute approximate surface area is 125 Å². The van der Waals surface area contributed by atoms with Gasteiger partial charge in [-0.05, 0) is 37.1 Å². The predicted octanol–water partition coefficient (Wildman–Crippen LogP) is 3.01. The summed E-state index contributed by atoms with van der Waals surface area (Å²) in [6, 6.07) is 16.0. The zero-order valence-corrected chi connectivity index (χ0v) is 12.3. The average Bonchev–Trinajstić information content (AvgIpc) is 2.54. The van der Waals surface area contributed by atoms with Crippen molar-refractivity contribution in [2.24, 2.45) is 0 Å². The zero-order valence-electron chi connectivity index (χ0n) is 12.3. The van der Waals surface area contributed by atoms with Gasteiger partial charge in [0.1, 0.15) is 11.9 Å². The summed E-state index contributed by atoms with van der Waals surface area (Å²) >= 11 is 0. The van der Waals surface area contributed by atoms with Crippen molar-refractivity contribution >= 4 is 0 Å². The van der Waals surface area contributed by atoms with Gasteiger partial charge in [-0.25, -0.2) is 0 Å². The molecule has 0 spiro atoms. The van der Waals surface area contributed by atoms with Gasteiger partial charge in [0, 0.05) is 5.56 Å². The molecule has 0 radical (unpaired) electrons. The van der Waals surface area contributed by atoms with Crippen molar-refractivity contribution in [1.29, 1.82) is 0 Å². The third kappa shape index (κ3) is 2.80. The Balaban J connectivity index is 1.95. The molecule has 2 N–H and O–H groups in total. The number of nitrogens with one attached hydrogen (secondary N) is 1. The van der Waals surface area contributed by atoms with E-state index >= 15 is 0 Å². The predicted molar refractivity (Wildman–Crippen MR) is 83.5 cm³/mol. The Morgan fingerprint density at radius 2 is 1.95 bits per heavy atom. The van der Waals surface area contributed by atoms with E-state index in [2.05, 4.69) is 23.5 Å². The normalized spacial score (nSPS) is 18.9. The van der Waals surface area contributed by atoms with Gasteiger partial charge in [-0.2, -0.15) is 0 Å². The van der Waals surface area contributed by atoms with E-state index in [1.807, 2.05) is 37.3 Å². The minimum Gasteiger partial charge on any atom is -0.493 e. The summed E-state index contributed by atoms with van der Waals surface area (Å²) in [5.41, 5.74) is 3.34. The lowest BCUT2D eigenvalue weighted by Crippen LogP contribution is -2.34. The van der Waals surface area contributed by atoms with Gasteiger partial charge in [0.25, 0.3) is 0 Å². The summed E-state index contributed by atoms with van der Waals surface area (Å²) in [6.45, 7) is 3.44. The molecule has 0 aliphatic carbocycles. The van der Waals surface area contributed by atoms with Gasteiger partial charge in [-0.3, -0.25) is 0 Å². The van der Waals surface area contributed by atoms with E-state index in [4.69, 9.17) is 4.74 Å². The summed E-state index contributed by atoms with van der Waals surface area (Å²) in [6.07, 6.45) is 0.390. The van der Waals surface area contributed by atoms with Gasteiger partial charge in [0.2, 0.25) is 0 Å². The number of hydrogen-bond acceptors (Lipinski definition) is 3. The summed E-state index contributed by atoms with van der Waals surface area (Å²) in [4.78, 5) is 0. The van der Waals surface area contributed by atoms with Crippen LogP contribution >= 0.6 is 0 Å².